The Bertz CT molecular complexity index is 873. The van der Waals surface area contributed by atoms with E-state index in [2.05, 4.69) is 0 Å². The summed E-state index contributed by atoms with van der Waals surface area (Å²) in [6.45, 7) is 0.526. The Hall–Kier alpha value is -2.51. The van der Waals surface area contributed by atoms with Gasteiger partial charge in [0.25, 0.3) is 5.91 Å². The van der Waals surface area contributed by atoms with Crippen molar-refractivity contribution in [1.82, 2.24) is 9.47 Å². The molecule has 1 aromatic heterocycles. The van der Waals surface area contributed by atoms with Crippen LogP contribution < -0.4 is 0 Å². The number of nitrogens with zero attached hydrogens (tertiary/aromatic N) is 2. The lowest BCUT2D eigenvalue weighted by atomic mass is 9.97. The third kappa shape index (κ3) is 3.94. The van der Waals surface area contributed by atoms with E-state index < -0.39 is 17.7 Å². The van der Waals surface area contributed by atoms with Gasteiger partial charge >= 0.3 is 12.1 Å². The highest BCUT2D eigenvalue weighted by atomic mass is 19.4. The van der Waals surface area contributed by atoms with Crippen LogP contribution in [-0.2, 0) is 18.0 Å². The van der Waals surface area contributed by atoms with E-state index in [4.69, 9.17) is 5.11 Å². The first-order valence-electron chi connectivity index (χ1n) is 8.88. The van der Waals surface area contributed by atoms with E-state index in [0.717, 1.165) is 31.4 Å². The maximum absolute atomic E-state index is 13.1. The number of benzene rings is 1. The molecule has 27 heavy (non-hydrogen) atoms. The summed E-state index contributed by atoms with van der Waals surface area (Å²) in [5, 5.41) is 9.27. The van der Waals surface area contributed by atoms with Gasteiger partial charge in [-0.1, -0.05) is 0 Å². The lowest BCUT2D eigenvalue weighted by molar-refractivity contribution is -0.138. The van der Waals surface area contributed by atoms with Crippen LogP contribution in [0.3, 0.4) is 0 Å². The van der Waals surface area contributed by atoms with Crippen molar-refractivity contribution < 1.29 is 27.9 Å². The molecule has 2 heterocycles. The van der Waals surface area contributed by atoms with Crippen LogP contribution in [0.4, 0.5) is 13.2 Å². The summed E-state index contributed by atoms with van der Waals surface area (Å²) < 4.78 is 40.4. The standard InChI is InChI=1S/C19H21F3N2O3/c1-23-15-7-5-13(19(20,21)22)10-12(15)11-16(23)18(27)24-9-3-2-4-14(24)6-8-17(25)26/h5,7,10-11,14H,2-4,6,8-9H2,1H3,(H,25,26). The molecule has 0 bridgehead atoms. The van der Waals surface area contributed by atoms with Crippen LogP contribution in [0.1, 0.15) is 48.2 Å². The topological polar surface area (TPSA) is 62.5 Å². The monoisotopic (exact) mass is 382 g/mol. The highest BCUT2D eigenvalue weighted by Gasteiger charge is 2.32. The van der Waals surface area contributed by atoms with Crippen LogP contribution in [0.25, 0.3) is 10.9 Å². The molecule has 1 aliphatic heterocycles. The number of aromatic nitrogens is 1. The molecule has 146 valence electrons. The Labute approximate surface area is 154 Å². The van der Waals surface area contributed by atoms with Gasteiger partial charge in [0.1, 0.15) is 5.69 Å². The highest BCUT2D eigenvalue weighted by Crippen LogP contribution is 2.33. The second kappa shape index (κ2) is 7.25. The van der Waals surface area contributed by atoms with E-state index >= 15 is 0 Å². The minimum Gasteiger partial charge on any atom is -0.481 e. The molecule has 0 radical (unpaired) electrons. The fraction of sp³-hybridized carbons (Fsp3) is 0.474. The zero-order valence-electron chi connectivity index (χ0n) is 14.9. The van der Waals surface area contributed by atoms with Crippen LogP contribution in [0.2, 0.25) is 0 Å². The van der Waals surface area contributed by atoms with Gasteiger partial charge in [-0.25, -0.2) is 0 Å². The van der Waals surface area contributed by atoms with E-state index in [-0.39, 0.29) is 18.4 Å². The number of likely N-dealkylation sites (tertiary alicyclic amines) is 1. The molecule has 1 fully saturated rings. The summed E-state index contributed by atoms with van der Waals surface area (Å²) in [5.74, 6) is -1.17. The Morgan fingerprint density at radius 2 is 1.96 bits per heavy atom. The van der Waals surface area contributed by atoms with Crippen molar-refractivity contribution in [3.05, 3.63) is 35.5 Å². The van der Waals surface area contributed by atoms with Gasteiger partial charge in [-0.3, -0.25) is 9.59 Å². The number of amides is 1. The normalized spacial score (nSPS) is 18.1. The number of carbonyl (C=O) groups excluding carboxylic acids is 1. The minimum atomic E-state index is -4.44. The van der Waals surface area contributed by atoms with E-state index in [1.54, 1.807) is 16.5 Å². The van der Waals surface area contributed by atoms with E-state index in [1.807, 2.05) is 0 Å². The number of aliphatic carboxylic acids is 1. The number of piperidine rings is 1. The van der Waals surface area contributed by atoms with Crippen molar-refractivity contribution in [3.8, 4) is 0 Å². The summed E-state index contributed by atoms with van der Waals surface area (Å²) in [4.78, 5) is 25.6. The van der Waals surface area contributed by atoms with E-state index in [1.165, 1.54) is 12.1 Å². The molecule has 1 aliphatic rings. The van der Waals surface area contributed by atoms with Gasteiger partial charge < -0.3 is 14.6 Å². The van der Waals surface area contributed by atoms with Crippen LogP contribution in [0.15, 0.2) is 24.3 Å². The second-order valence-corrected chi connectivity index (χ2v) is 6.94. The summed E-state index contributed by atoms with van der Waals surface area (Å²) >= 11 is 0. The lowest BCUT2D eigenvalue weighted by Crippen LogP contribution is -2.44. The first kappa shape index (κ1) is 19.3. The zero-order chi connectivity index (χ0) is 19.8. The number of halogens is 3. The lowest BCUT2D eigenvalue weighted by Gasteiger charge is -2.35. The van der Waals surface area contributed by atoms with E-state index in [9.17, 15) is 22.8 Å². The number of alkyl halides is 3. The number of hydrogen-bond donors (Lipinski definition) is 1. The molecule has 1 saturated heterocycles. The zero-order valence-corrected chi connectivity index (χ0v) is 14.9. The second-order valence-electron chi connectivity index (χ2n) is 6.94. The minimum absolute atomic E-state index is 0.0154. The predicted octanol–water partition coefficient (Wildman–Crippen LogP) is 4.06. The summed E-state index contributed by atoms with van der Waals surface area (Å²) in [6.07, 6.45) is -1.58. The Morgan fingerprint density at radius 1 is 1.22 bits per heavy atom. The van der Waals surface area contributed by atoms with Gasteiger partial charge in [0.05, 0.1) is 5.56 Å². The molecule has 0 aliphatic carbocycles. The summed E-state index contributed by atoms with van der Waals surface area (Å²) in [7, 11) is 1.65. The SMILES string of the molecule is Cn1c(C(=O)N2CCCCC2CCC(=O)O)cc2cc(C(F)(F)F)ccc21. The van der Waals surface area contributed by atoms with Gasteiger partial charge in [0.2, 0.25) is 0 Å². The molecule has 1 unspecified atom stereocenters. The molecule has 1 amide bonds. The molecule has 1 atom stereocenters. The van der Waals surface area contributed by atoms with Gasteiger partial charge in [-0.15, -0.1) is 0 Å². The van der Waals surface area contributed by atoms with Crippen molar-refractivity contribution in [2.75, 3.05) is 6.54 Å². The van der Waals surface area contributed by atoms with E-state index in [0.29, 0.717) is 29.6 Å². The van der Waals surface area contributed by atoms with Crippen molar-refractivity contribution in [3.63, 3.8) is 0 Å². The smallest absolute Gasteiger partial charge is 0.416 e. The average Bonchev–Trinajstić information content (AvgIpc) is 2.95. The molecule has 8 heteroatoms. The Morgan fingerprint density at radius 3 is 2.63 bits per heavy atom. The number of carbonyl (C=O) groups is 2. The number of hydrogen-bond acceptors (Lipinski definition) is 2. The van der Waals surface area contributed by atoms with Crippen molar-refractivity contribution >= 4 is 22.8 Å². The van der Waals surface area contributed by atoms with Gasteiger partial charge in [-0.05, 0) is 49.9 Å². The molecule has 0 saturated carbocycles. The average molecular weight is 382 g/mol. The number of fused-ring (bicyclic) bond motifs is 1. The van der Waals surface area contributed by atoms with Crippen molar-refractivity contribution in [2.24, 2.45) is 7.05 Å². The number of rotatable bonds is 4. The van der Waals surface area contributed by atoms with Crippen LogP contribution >= 0.6 is 0 Å². The van der Waals surface area contributed by atoms with Gasteiger partial charge in [0.15, 0.2) is 0 Å². The van der Waals surface area contributed by atoms with Crippen LogP contribution in [0.5, 0.6) is 0 Å². The number of carboxylic acid groups (broad SMARTS) is 1. The van der Waals surface area contributed by atoms with Crippen molar-refractivity contribution in [2.45, 2.75) is 44.3 Å². The molecule has 3 rings (SSSR count). The molecule has 5 nitrogen and oxygen atoms in total. The quantitative estimate of drug-likeness (QED) is 0.868. The number of carboxylic acids is 1. The number of aryl methyl sites for hydroxylation is 1. The maximum Gasteiger partial charge on any atom is 0.416 e. The van der Waals surface area contributed by atoms with Gasteiger partial charge in [0, 0.05) is 37.0 Å². The van der Waals surface area contributed by atoms with Gasteiger partial charge in [-0.2, -0.15) is 13.2 Å². The predicted molar refractivity (Wildman–Crippen MR) is 93.5 cm³/mol. The van der Waals surface area contributed by atoms with Crippen LogP contribution in [-0.4, -0.2) is 39.0 Å². The Balaban J connectivity index is 1.91. The largest absolute Gasteiger partial charge is 0.481 e. The van der Waals surface area contributed by atoms with Crippen LogP contribution in [0, 0.1) is 0 Å². The molecule has 1 aromatic carbocycles. The first-order valence-corrected chi connectivity index (χ1v) is 8.88. The van der Waals surface area contributed by atoms with Crippen molar-refractivity contribution in [1.29, 1.82) is 0 Å². The molecule has 1 N–H and O–H groups in total. The summed E-state index contributed by atoms with van der Waals surface area (Å²) in [6, 6.07) is 4.74. The molecule has 0 spiro atoms. The molecule has 2 aromatic rings. The fourth-order valence-corrected chi connectivity index (χ4v) is 3.74. The first-order chi connectivity index (χ1) is 12.7. The third-order valence-corrected chi connectivity index (χ3v) is 5.17. The Kier molecular flexibility index (Phi) is 5.17. The summed E-state index contributed by atoms with van der Waals surface area (Å²) in [5.41, 5.74) is 0.105. The molecular formula is C19H21F3N2O3. The fourth-order valence-electron chi connectivity index (χ4n) is 3.74. The highest BCUT2D eigenvalue weighted by molar-refractivity contribution is 5.99. The third-order valence-electron chi connectivity index (χ3n) is 5.17. The maximum atomic E-state index is 13.1. The molecular weight excluding hydrogens is 361 g/mol.